The van der Waals surface area contributed by atoms with Crippen molar-refractivity contribution >= 4 is 11.6 Å². The first-order valence-corrected chi connectivity index (χ1v) is 7.82. The van der Waals surface area contributed by atoms with Crippen molar-refractivity contribution in [2.75, 3.05) is 25.5 Å². The predicted molar refractivity (Wildman–Crippen MR) is 92.2 cm³/mol. The van der Waals surface area contributed by atoms with Gasteiger partial charge in [0, 0.05) is 32.7 Å². The van der Waals surface area contributed by atoms with Gasteiger partial charge in [0.1, 0.15) is 5.82 Å². The molecule has 0 spiro atoms. The molecule has 2 aromatic carbocycles. The largest absolute Gasteiger partial charge is 0.378 e. The van der Waals surface area contributed by atoms with E-state index >= 15 is 0 Å². The molecule has 0 aliphatic heterocycles. The van der Waals surface area contributed by atoms with Crippen LogP contribution in [-0.2, 0) is 17.6 Å². The second-order valence-electron chi connectivity index (χ2n) is 5.75. The fourth-order valence-electron chi connectivity index (χ4n) is 2.34. The molecule has 23 heavy (non-hydrogen) atoms. The fourth-order valence-corrected chi connectivity index (χ4v) is 2.34. The van der Waals surface area contributed by atoms with Crippen LogP contribution in [-0.4, -0.2) is 26.5 Å². The molecule has 0 saturated heterocycles. The average Bonchev–Trinajstić information content (AvgIpc) is 2.54. The highest BCUT2D eigenvalue weighted by Gasteiger charge is 2.05. The first kappa shape index (κ1) is 17.0. The molecule has 0 aliphatic rings. The number of hydrogen-bond acceptors (Lipinski definition) is 2. The van der Waals surface area contributed by atoms with Gasteiger partial charge >= 0.3 is 0 Å². The van der Waals surface area contributed by atoms with Crippen molar-refractivity contribution in [3.05, 3.63) is 65.5 Å². The molecular formula is C19H23FN2O. The molecule has 1 amide bonds. The van der Waals surface area contributed by atoms with Gasteiger partial charge in [-0.15, -0.1) is 0 Å². The maximum absolute atomic E-state index is 13.5. The van der Waals surface area contributed by atoms with Crippen LogP contribution in [0.4, 0.5) is 10.1 Å². The monoisotopic (exact) mass is 314 g/mol. The van der Waals surface area contributed by atoms with E-state index < -0.39 is 0 Å². The van der Waals surface area contributed by atoms with E-state index in [1.54, 1.807) is 18.2 Å². The minimum atomic E-state index is -0.249. The van der Waals surface area contributed by atoms with Crippen molar-refractivity contribution in [3.63, 3.8) is 0 Å². The Morgan fingerprint density at radius 3 is 2.39 bits per heavy atom. The molecule has 1 N–H and O–H groups in total. The van der Waals surface area contributed by atoms with Gasteiger partial charge in [0.15, 0.2) is 0 Å². The Morgan fingerprint density at radius 1 is 1.04 bits per heavy atom. The van der Waals surface area contributed by atoms with E-state index in [2.05, 4.69) is 29.6 Å². The molecule has 0 atom stereocenters. The molecule has 0 unspecified atom stereocenters. The minimum absolute atomic E-state index is 0.0434. The molecule has 3 nitrogen and oxygen atoms in total. The Balaban J connectivity index is 1.71. The van der Waals surface area contributed by atoms with E-state index in [9.17, 15) is 9.18 Å². The van der Waals surface area contributed by atoms with Gasteiger partial charge < -0.3 is 10.2 Å². The normalized spacial score (nSPS) is 10.4. The second kappa shape index (κ2) is 8.32. The zero-order valence-electron chi connectivity index (χ0n) is 13.7. The van der Waals surface area contributed by atoms with Crippen LogP contribution in [0.5, 0.6) is 0 Å². The van der Waals surface area contributed by atoms with Crippen molar-refractivity contribution in [2.45, 2.75) is 19.3 Å². The van der Waals surface area contributed by atoms with Crippen LogP contribution in [0, 0.1) is 5.82 Å². The van der Waals surface area contributed by atoms with Gasteiger partial charge in [0.05, 0.1) is 0 Å². The van der Waals surface area contributed by atoms with E-state index in [-0.39, 0.29) is 11.7 Å². The number of rotatable bonds is 7. The summed E-state index contributed by atoms with van der Waals surface area (Å²) >= 11 is 0. The molecular weight excluding hydrogens is 291 g/mol. The lowest BCUT2D eigenvalue weighted by Crippen LogP contribution is -2.26. The lowest BCUT2D eigenvalue weighted by molar-refractivity contribution is -0.121. The Labute approximate surface area is 137 Å². The van der Waals surface area contributed by atoms with E-state index in [1.165, 1.54) is 11.6 Å². The second-order valence-corrected chi connectivity index (χ2v) is 5.75. The number of anilines is 1. The third-order valence-electron chi connectivity index (χ3n) is 3.77. The number of benzene rings is 2. The first-order valence-electron chi connectivity index (χ1n) is 7.82. The van der Waals surface area contributed by atoms with Crippen molar-refractivity contribution < 1.29 is 9.18 Å². The zero-order valence-corrected chi connectivity index (χ0v) is 13.7. The number of hydrogen-bond donors (Lipinski definition) is 1. The third-order valence-corrected chi connectivity index (χ3v) is 3.77. The summed E-state index contributed by atoms with van der Waals surface area (Å²) in [6.45, 7) is 0.595. The summed E-state index contributed by atoms with van der Waals surface area (Å²) in [7, 11) is 4.01. The highest BCUT2D eigenvalue weighted by Crippen LogP contribution is 2.12. The molecule has 0 aromatic heterocycles. The van der Waals surface area contributed by atoms with Gasteiger partial charge in [0.2, 0.25) is 5.91 Å². The number of aryl methyl sites for hydroxylation is 1. The van der Waals surface area contributed by atoms with Crippen LogP contribution in [0.25, 0.3) is 0 Å². The molecule has 0 heterocycles. The summed E-state index contributed by atoms with van der Waals surface area (Å²) in [6, 6.07) is 14.8. The van der Waals surface area contributed by atoms with E-state index in [0.717, 1.165) is 12.1 Å². The van der Waals surface area contributed by atoms with Gasteiger partial charge in [-0.25, -0.2) is 4.39 Å². The van der Waals surface area contributed by atoms with Crippen LogP contribution >= 0.6 is 0 Å². The minimum Gasteiger partial charge on any atom is -0.378 e. The summed E-state index contributed by atoms with van der Waals surface area (Å²) in [5.41, 5.74) is 2.93. The maximum atomic E-state index is 13.5. The zero-order chi connectivity index (χ0) is 16.7. The standard InChI is InChI=1S/C19H23FN2O/c1-22(2)17-10-7-15(8-11-17)13-14-21-19(23)12-9-16-5-3-4-6-18(16)20/h3-8,10-11H,9,12-14H2,1-2H3,(H,21,23). The van der Waals surface area contributed by atoms with Crippen molar-refractivity contribution in [2.24, 2.45) is 0 Å². The Morgan fingerprint density at radius 2 is 1.74 bits per heavy atom. The quantitative estimate of drug-likeness (QED) is 0.851. The lowest BCUT2D eigenvalue weighted by Gasteiger charge is -2.12. The SMILES string of the molecule is CN(C)c1ccc(CCNC(=O)CCc2ccccc2F)cc1. The number of halogens is 1. The topological polar surface area (TPSA) is 32.3 Å². The average molecular weight is 314 g/mol. The number of nitrogens with one attached hydrogen (secondary N) is 1. The van der Waals surface area contributed by atoms with Crippen molar-refractivity contribution in [3.8, 4) is 0 Å². The first-order chi connectivity index (χ1) is 11.1. The predicted octanol–water partition coefficient (Wildman–Crippen LogP) is 3.18. The number of carbonyl (C=O) groups excluding carboxylic acids is 1. The Hall–Kier alpha value is -2.36. The molecule has 4 heteroatoms. The molecule has 0 saturated carbocycles. The molecule has 0 bridgehead atoms. The highest BCUT2D eigenvalue weighted by atomic mass is 19.1. The highest BCUT2D eigenvalue weighted by molar-refractivity contribution is 5.76. The van der Waals surface area contributed by atoms with Crippen LogP contribution in [0.2, 0.25) is 0 Å². The Kier molecular flexibility index (Phi) is 6.15. The van der Waals surface area contributed by atoms with Gasteiger partial charge in [-0.3, -0.25) is 4.79 Å². The van der Waals surface area contributed by atoms with E-state index in [0.29, 0.717) is 24.9 Å². The van der Waals surface area contributed by atoms with Crippen molar-refractivity contribution in [1.82, 2.24) is 5.32 Å². The number of amides is 1. The van der Waals surface area contributed by atoms with E-state index in [1.807, 2.05) is 19.0 Å². The molecule has 0 aliphatic carbocycles. The molecule has 0 radical (unpaired) electrons. The van der Waals surface area contributed by atoms with Crippen LogP contribution in [0.3, 0.4) is 0 Å². The number of carbonyl (C=O) groups is 1. The van der Waals surface area contributed by atoms with Gasteiger partial charge in [-0.1, -0.05) is 30.3 Å². The van der Waals surface area contributed by atoms with Gasteiger partial charge in [-0.05, 0) is 42.2 Å². The summed E-state index contributed by atoms with van der Waals surface area (Å²) in [4.78, 5) is 13.9. The molecule has 0 fully saturated rings. The third kappa shape index (κ3) is 5.40. The lowest BCUT2D eigenvalue weighted by atomic mass is 10.1. The van der Waals surface area contributed by atoms with Crippen molar-refractivity contribution in [1.29, 1.82) is 0 Å². The summed E-state index contributed by atoms with van der Waals surface area (Å²) in [5, 5.41) is 2.89. The van der Waals surface area contributed by atoms with Crippen LogP contribution in [0.1, 0.15) is 17.5 Å². The smallest absolute Gasteiger partial charge is 0.220 e. The maximum Gasteiger partial charge on any atom is 0.220 e. The molecule has 2 aromatic rings. The summed E-state index contributed by atoms with van der Waals surface area (Å²) in [6.07, 6.45) is 1.52. The molecule has 122 valence electrons. The van der Waals surface area contributed by atoms with Crippen LogP contribution < -0.4 is 10.2 Å². The molecule has 2 rings (SSSR count). The summed E-state index contributed by atoms with van der Waals surface area (Å²) in [5.74, 6) is -0.292. The Bertz CT molecular complexity index is 638. The van der Waals surface area contributed by atoms with E-state index in [4.69, 9.17) is 0 Å². The van der Waals surface area contributed by atoms with Gasteiger partial charge in [0.25, 0.3) is 0 Å². The van der Waals surface area contributed by atoms with Gasteiger partial charge in [-0.2, -0.15) is 0 Å². The summed E-state index contributed by atoms with van der Waals surface area (Å²) < 4.78 is 13.5. The number of nitrogens with zero attached hydrogens (tertiary/aromatic N) is 1. The van der Waals surface area contributed by atoms with Crippen LogP contribution in [0.15, 0.2) is 48.5 Å². The fraction of sp³-hybridized carbons (Fsp3) is 0.316.